The lowest BCUT2D eigenvalue weighted by Gasteiger charge is -2.24. The number of H-pyrrole nitrogens is 1. The number of aliphatic hydroxyl groups excluding tert-OH is 1. The molecule has 0 aliphatic heterocycles. The van der Waals surface area contributed by atoms with Gasteiger partial charge >= 0.3 is 0 Å². The minimum Gasteiger partial charge on any atom is -0.387 e. The van der Waals surface area contributed by atoms with Crippen molar-refractivity contribution in [1.29, 1.82) is 0 Å². The summed E-state index contributed by atoms with van der Waals surface area (Å²) in [5.74, 6) is -0.404. The number of rotatable bonds is 4. The third kappa shape index (κ3) is 3.10. The smallest absolute Gasteiger partial charge is 0.124 e. The van der Waals surface area contributed by atoms with E-state index < -0.39 is 11.9 Å². The van der Waals surface area contributed by atoms with Crippen molar-refractivity contribution in [3.05, 3.63) is 52.1 Å². The number of hydrogen-bond acceptors (Lipinski definition) is 3. The van der Waals surface area contributed by atoms with Crippen molar-refractivity contribution < 1.29 is 9.50 Å². The van der Waals surface area contributed by atoms with E-state index in [0.717, 1.165) is 25.0 Å². The molecule has 3 N–H and O–H groups in total. The van der Waals surface area contributed by atoms with Crippen LogP contribution in [0.3, 0.4) is 0 Å². The molecule has 0 bridgehead atoms. The number of nitrogens with zero attached hydrogens (tertiary/aromatic N) is 1. The summed E-state index contributed by atoms with van der Waals surface area (Å²) in [5, 5.41) is 20.9. The van der Waals surface area contributed by atoms with Gasteiger partial charge in [0.2, 0.25) is 0 Å². The first-order valence-electron chi connectivity index (χ1n) is 7.03. The number of aromatic amines is 1. The molecule has 1 aliphatic rings. The van der Waals surface area contributed by atoms with E-state index in [1.807, 2.05) is 6.20 Å². The maximum absolute atomic E-state index is 13.0. The monoisotopic (exact) mass is 309 g/mol. The van der Waals surface area contributed by atoms with Gasteiger partial charge < -0.3 is 10.4 Å². The quantitative estimate of drug-likeness (QED) is 0.814. The predicted octanol–water partition coefficient (Wildman–Crippen LogP) is 2.90. The third-order valence-corrected chi connectivity index (χ3v) is 4.25. The van der Waals surface area contributed by atoms with Crippen LogP contribution in [0.4, 0.5) is 4.39 Å². The van der Waals surface area contributed by atoms with Crippen molar-refractivity contribution in [3.63, 3.8) is 0 Å². The van der Waals surface area contributed by atoms with E-state index in [1.54, 1.807) is 0 Å². The summed E-state index contributed by atoms with van der Waals surface area (Å²) < 4.78 is 13.0. The van der Waals surface area contributed by atoms with E-state index in [2.05, 4.69) is 15.5 Å². The lowest BCUT2D eigenvalue weighted by atomic mass is 9.93. The Morgan fingerprint density at radius 3 is 3.19 bits per heavy atom. The topological polar surface area (TPSA) is 60.9 Å². The van der Waals surface area contributed by atoms with Gasteiger partial charge in [-0.15, -0.1) is 0 Å². The molecule has 2 unspecified atom stereocenters. The molecule has 0 amide bonds. The van der Waals surface area contributed by atoms with Crippen molar-refractivity contribution in [2.24, 2.45) is 0 Å². The van der Waals surface area contributed by atoms with Crippen LogP contribution in [0.15, 0.2) is 24.4 Å². The highest BCUT2D eigenvalue weighted by Crippen LogP contribution is 2.29. The zero-order chi connectivity index (χ0) is 14.8. The van der Waals surface area contributed by atoms with Crippen LogP contribution in [-0.4, -0.2) is 21.8 Å². The molecular weight excluding hydrogens is 293 g/mol. The van der Waals surface area contributed by atoms with Crippen molar-refractivity contribution in [1.82, 2.24) is 15.5 Å². The molecule has 2 atom stereocenters. The molecule has 0 saturated heterocycles. The van der Waals surface area contributed by atoms with Gasteiger partial charge in [-0.3, -0.25) is 5.10 Å². The number of benzene rings is 1. The number of nitrogens with one attached hydrogen (secondary N) is 2. The van der Waals surface area contributed by atoms with Crippen LogP contribution in [0.25, 0.3) is 0 Å². The number of halogens is 2. The Bertz CT molecular complexity index is 631. The van der Waals surface area contributed by atoms with Gasteiger partial charge in [0.25, 0.3) is 0 Å². The van der Waals surface area contributed by atoms with Crippen molar-refractivity contribution >= 4 is 11.6 Å². The van der Waals surface area contributed by atoms with Gasteiger partial charge in [-0.25, -0.2) is 4.39 Å². The molecule has 2 aromatic rings. The first-order chi connectivity index (χ1) is 10.1. The number of fused-ring (bicyclic) bond motifs is 1. The van der Waals surface area contributed by atoms with E-state index in [4.69, 9.17) is 11.6 Å². The Kier molecular flexibility index (Phi) is 4.24. The van der Waals surface area contributed by atoms with Crippen LogP contribution in [0.2, 0.25) is 5.02 Å². The average Bonchev–Trinajstić information content (AvgIpc) is 2.93. The first-order valence-corrected chi connectivity index (χ1v) is 7.41. The Balaban J connectivity index is 1.66. The van der Waals surface area contributed by atoms with E-state index in [-0.39, 0.29) is 11.1 Å². The Hall–Kier alpha value is -1.43. The lowest BCUT2D eigenvalue weighted by Crippen LogP contribution is -2.29. The summed E-state index contributed by atoms with van der Waals surface area (Å²) in [6.45, 7) is 0.356. The number of aromatic nitrogens is 2. The summed E-state index contributed by atoms with van der Waals surface area (Å²) in [6.07, 6.45) is 4.22. The molecule has 4 nitrogen and oxygen atoms in total. The normalized spacial score (nSPS) is 19.3. The summed E-state index contributed by atoms with van der Waals surface area (Å²) in [5.41, 5.74) is 2.86. The van der Waals surface area contributed by atoms with Crippen LogP contribution in [0.1, 0.15) is 41.8 Å². The Morgan fingerprint density at radius 1 is 1.52 bits per heavy atom. The largest absolute Gasteiger partial charge is 0.387 e. The van der Waals surface area contributed by atoms with E-state index >= 15 is 0 Å². The minimum absolute atomic E-state index is 0.158. The maximum Gasteiger partial charge on any atom is 0.124 e. The number of aryl methyl sites for hydroxylation is 1. The predicted molar refractivity (Wildman–Crippen MR) is 78.6 cm³/mol. The summed E-state index contributed by atoms with van der Waals surface area (Å²) in [7, 11) is 0. The fourth-order valence-corrected chi connectivity index (χ4v) is 3.10. The van der Waals surface area contributed by atoms with Crippen molar-refractivity contribution in [3.8, 4) is 0 Å². The second-order valence-corrected chi connectivity index (χ2v) is 5.75. The minimum atomic E-state index is -0.772. The van der Waals surface area contributed by atoms with Crippen LogP contribution < -0.4 is 5.32 Å². The van der Waals surface area contributed by atoms with Crippen LogP contribution in [0.5, 0.6) is 0 Å². The molecule has 0 fully saturated rings. The summed E-state index contributed by atoms with van der Waals surface area (Å²) >= 11 is 5.97. The number of hydrogen-bond donors (Lipinski definition) is 3. The highest BCUT2D eigenvalue weighted by Gasteiger charge is 2.23. The molecular formula is C15H17ClFN3O. The highest BCUT2D eigenvalue weighted by atomic mass is 35.5. The molecule has 112 valence electrons. The molecule has 1 aromatic heterocycles. The van der Waals surface area contributed by atoms with Crippen LogP contribution >= 0.6 is 11.6 Å². The van der Waals surface area contributed by atoms with Gasteiger partial charge in [-0.1, -0.05) is 17.7 Å². The fraction of sp³-hybridized carbons (Fsp3) is 0.400. The standard InChI is InChI=1S/C15H17ClFN3O/c16-12-6-10(17)4-5-11(12)14(21)8-18-13-3-1-2-9-7-19-20-15(9)13/h4-7,13-14,18,21H,1-3,8H2,(H,19,20). The fourth-order valence-electron chi connectivity index (χ4n) is 2.80. The zero-order valence-electron chi connectivity index (χ0n) is 11.4. The van der Waals surface area contributed by atoms with E-state index in [9.17, 15) is 9.50 Å². The molecule has 1 aliphatic carbocycles. The van der Waals surface area contributed by atoms with Crippen molar-refractivity contribution in [2.45, 2.75) is 31.4 Å². The van der Waals surface area contributed by atoms with Gasteiger partial charge in [-0.2, -0.15) is 5.10 Å². The zero-order valence-corrected chi connectivity index (χ0v) is 12.2. The molecule has 6 heteroatoms. The van der Waals surface area contributed by atoms with Crippen LogP contribution in [-0.2, 0) is 6.42 Å². The molecule has 1 heterocycles. The summed E-state index contributed by atoms with van der Waals surface area (Å²) in [4.78, 5) is 0. The second-order valence-electron chi connectivity index (χ2n) is 5.34. The molecule has 0 spiro atoms. The van der Waals surface area contributed by atoms with Gasteiger partial charge in [0, 0.05) is 23.2 Å². The SMILES string of the molecule is OC(CNC1CCCc2cn[nH]c21)c1ccc(F)cc1Cl. The summed E-state index contributed by atoms with van der Waals surface area (Å²) in [6, 6.07) is 4.20. The second kappa shape index (κ2) is 6.13. The maximum atomic E-state index is 13.0. The van der Waals surface area contributed by atoms with E-state index in [0.29, 0.717) is 12.1 Å². The van der Waals surface area contributed by atoms with Gasteiger partial charge in [-0.05, 0) is 37.0 Å². The van der Waals surface area contributed by atoms with E-state index in [1.165, 1.54) is 23.8 Å². The van der Waals surface area contributed by atoms with Gasteiger partial charge in [0.05, 0.1) is 18.0 Å². The van der Waals surface area contributed by atoms with Gasteiger partial charge in [0.15, 0.2) is 0 Å². The van der Waals surface area contributed by atoms with Crippen molar-refractivity contribution in [2.75, 3.05) is 6.54 Å². The molecule has 1 aromatic carbocycles. The molecule has 0 saturated carbocycles. The first kappa shape index (κ1) is 14.5. The third-order valence-electron chi connectivity index (χ3n) is 3.92. The Labute approximate surface area is 127 Å². The highest BCUT2D eigenvalue weighted by molar-refractivity contribution is 6.31. The van der Waals surface area contributed by atoms with Gasteiger partial charge in [0.1, 0.15) is 5.82 Å². The molecule has 3 rings (SSSR count). The molecule has 0 radical (unpaired) electrons. The molecule has 21 heavy (non-hydrogen) atoms. The average molecular weight is 310 g/mol. The lowest BCUT2D eigenvalue weighted by molar-refractivity contribution is 0.168. The Morgan fingerprint density at radius 2 is 2.38 bits per heavy atom. The number of aliphatic hydroxyl groups is 1. The van der Waals surface area contributed by atoms with Crippen LogP contribution in [0, 0.1) is 5.82 Å².